The molecule has 2 aliphatic carbocycles. The van der Waals surface area contributed by atoms with Crippen LogP contribution >= 0.6 is 0 Å². The van der Waals surface area contributed by atoms with Crippen LogP contribution in [-0.2, 0) is 4.79 Å². The van der Waals surface area contributed by atoms with Crippen LogP contribution in [0.5, 0.6) is 0 Å². The van der Waals surface area contributed by atoms with Crippen molar-refractivity contribution in [2.24, 2.45) is 23.2 Å². The minimum atomic E-state index is -0.0805. The second kappa shape index (κ2) is 5.43. The molecule has 3 nitrogen and oxygen atoms in total. The maximum Gasteiger partial charge on any atom is 0.226 e. The summed E-state index contributed by atoms with van der Waals surface area (Å²) in [5.74, 6) is 2.99. The summed E-state index contributed by atoms with van der Waals surface area (Å²) in [7, 11) is 0. The zero-order chi connectivity index (χ0) is 13.3. The minimum Gasteiger partial charge on any atom is -0.355 e. The molecule has 0 aromatic carbocycles. The van der Waals surface area contributed by atoms with Gasteiger partial charge in [-0.3, -0.25) is 4.79 Å². The van der Waals surface area contributed by atoms with Crippen molar-refractivity contribution in [3.63, 3.8) is 0 Å². The monoisotopic (exact) mass is 264 g/mol. The number of piperidine rings is 1. The summed E-state index contributed by atoms with van der Waals surface area (Å²) < 4.78 is 0. The molecule has 2 N–H and O–H groups in total. The highest BCUT2D eigenvalue weighted by Crippen LogP contribution is 2.49. The van der Waals surface area contributed by atoms with E-state index >= 15 is 0 Å². The molecular formula is C16H28N2O. The molecule has 3 rings (SSSR count). The lowest BCUT2D eigenvalue weighted by Gasteiger charge is -2.35. The Bertz CT molecular complexity index is 316. The largest absolute Gasteiger partial charge is 0.355 e. The zero-order valence-corrected chi connectivity index (χ0v) is 12.2. The van der Waals surface area contributed by atoms with E-state index in [1.807, 2.05) is 0 Å². The first-order valence-electron chi connectivity index (χ1n) is 8.24. The van der Waals surface area contributed by atoms with Gasteiger partial charge < -0.3 is 10.6 Å². The van der Waals surface area contributed by atoms with Crippen LogP contribution < -0.4 is 10.6 Å². The fourth-order valence-corrected chi connectivity index (χ4v) is 3.81. The predicted molar refractivity (Wildman–Crippen MR) is 76.8 cm³/mol. The number of nitrogens with one attached hydrogen (secondary N) is 2. The van der Waals surface area contributed by atoms with Gasteiger partial charge in [-0.05, 0) is 75.8 Å². The van der Waals surface area contributed by atoms with Gasteiger partial charge in [-0.15, -0.1) is 0 Å². The number of hydrogen-bond donors (Lipinski definition) is 2. The fourth-order valence-electron chi connectivity index (χ4n) is 3.81. The van der Waals surface area contributed by atoms with E-state index in [-0.39, 0.29) is 5.41 Å². The Morgan fingerprint density at radius 2 is 1.79 bits per heavy atom. The van der Waals surface area contributed by atoms with Crippen molar-refractivity contribution in [1.29, 1.82) is 0 Å². The highest BCUT2D eigenvalue weighted by molar-refractivity contribution is 5.82. The van der Waals surface area contributed by atoms with Crippen LogP contribution in [0.4, 0.5) is 0 Å². The molecule has 3 fully saturated rings. The Balaban J connectivity index is 1.54. The number of hydrogen-bond acceptors (Lipinski definition) is 2. The summed E-state index contributed by atoms with van der Waals surface area (Å²) in [6, 6.07) is 0. The van der Waals surface area contributed by atoms with Gasteiger partial charge in [0.05, 0.1) is 5.41 Å². The summed E-state index contributed by atoms with van der Waals surface area (Å²) in [6.07, 6.45) is 8.61. The quantitative estimate of drug-likeness (QED) is 0.773. The van der Waals surface area contributed by atoms with Crippen molar-refractivity contribution < 1.29 is 4.79 Å². The van der Waals surface area contributed by atoms with Gasteiger partial charge in [0, 0.05) is 6.54 Å². The van der Waals surface area contributed by atoms with Gasteiger partial charge in [0.25, 0.3) is 0 Å². The van der Waals surface area contributed by atoms with Gasteiger partial charge >= 0.3 is 0 Å². The average Bonchev–Trinajstić information content (AvgIpc) is 3.32. The molecule has 108 valence electrons. The van der Waals surface area contributed by atoms with E-state index < -0.39 is 0 Å². The van der Waals surface area contributed by atoms with E-state index in [9.17, 15) is 4.79 Å². The van der Waals surface area contributed by atoms with Crippen molar-refractivity contribution in [1.82, 2.24) is 10.6 Å². The van der Waals surface area contributed by atoms with Crippen molar-refractivity contribution in [2.45, 2.75) is 51.9 Å². The first-order valence-corrected chi connectivity index (χ1v) is 8.24. The smallest absolute Gasteiger partial charge is 0.226 e. The maximum absolute atomic E-state index is 12.6. The second-order valence-electron chi connectivity index (χ2n) is 6.93. The lowest BCUT2D eigenvalue weighted by molar-refractivity contribution is -0.133. The third-order valence-electron chi connectivity index (χ3n) is 5.67. The molecule has 1 heterocycles. The molecule has 0 aromatic heterocycles. The molecular weight excluding hydrogens is 236 g/mol. The van der Waals surface area contributed by atoms with Gasteiger partial charge in [0.1, 0.15) is 0 Å². The first-order chi connectivity index (χ1) is 9.25. The zero-order valence-electron chi connectivity index (χ0n) is 12.2. The topological polar surface area (TPSA) is 41.1 Å². The summed E-state index contributed by atoms with van der Waals surface area (Å²) >= 11 is 0. The van der Waals surface area contributed by atoms with E-state index in [2.05, 4.69) is 17.6 Å². The van der Waals surface area contributed by atoms with Crippen LogP contribution in [0.25, 0.3) is 0 Å². The Morgan fingerprint density at radius 3 is 2.26 bits per heavy atom. The molecule has 3 heteroatoms. The average molecular weight is 264 g/mol. The molecule has 2 saturated carbocycles. The Morgan fingerprint density at radius 1 is 1.21 bits per heavy atom. The molecule has 19 heavy (non-hydrogen) atoms. The molecule has 0 unspecified atom stereocenters. The third-order valence-corrected chi connectivity index (χ3v) is 5.67. The van der Waals surface area contributed by atoms with Crippen LogP contribution in [0, 0.1) is 23.2 Å². The van der Waals surface area contributed by atoms with Gasteiger partial charge in [0.15, 0.2) is 0 Å². The van der Waals surface area contributed by atoms with Gasteiger partial charge in [-0.25, -0.2) is 0 Å². The van der Waals surface area contributed by atoms with E-state index in [4.69, 9.17) is 0 Å². The molecule has 0 bridgehead atoms. The van der Waals surface area contributed by atoms with Crippen LogP contribution in [0.1, 0.15) is 51.9 Å². The molecule has 0 atom stereocenters. The van der Waals surface area contributed by atoms with Gasteiger partial charge in [0.2, 0.25) is 5.91 Å². The summed E-state index contributed by atoms with van der Waals surface area (Å²) in [5, 5.41) is 6.69. The van der Waals surface area contributed by atoms with Crippen molar-refractivity contribution in [3.8, 4) is 0 Å². The number of rotatable bonds is 6. The Hall–Kier alpha value is -0.570. The maximum atomic E-state index is 12.6. The second-order valence-corrected chi connectivity index (χ2v) is 6.93. The van der Waals surface area contributed by atoms with E-state index in [1.165, 1.54) is 25.7 Å². The molecule has 1 aliphatic heterocycles. The highest BCUT2D eigenvalue weighted by atomic mass is 16.2. The van der Waals surface area contributed by atoms with Crippen molar-refractivity contribution in [3.05, 3.63) is 0 Å². The third kappa shape index (κ3) is 2.96. The molecule has 0 radical (unpaired) electrons. The molecule has 3 aliphatic rings. The molecule has 1 amide bonds. The minimum absolute atomic E-state index is 0.0805. The predicted octanol–water partition coefficient (Wildman–Crippen LogP) is 2.32. The van der Waals surface area contributed by atoms with E-state index in [0.29, 0.717) is 5.91 Å². The van der Waals surface area contributed by atoms with Crippen molar-refractivity contribution >= 4 is 5.91 Å². The fraction of sp³-hybridized carbons (Fsp3) is 0.938. The van der Waals surface area contributed by atoms with Crippen LogP contribution in [-0.4, -0.2) is 25.5 Å². The SMILES string of the molecule is CCC1(C(=O)NCC(C2CC2)C2CC2)CCNCC1. The summed E-state index contributed by atoms with van der Waals surface area (Å²) in [4.78, 5) is 12.6. The van der Waals surface area contributed by atoms with Gasteiger partial charge in [-0.2, -0.15) is 0 Å². The molecule has 0 aromatic rings. The van der Waals surface area contributed by atoms with Crippen LogP contribution in [0.3, 0.4) is 0 Å². The number of carbonyl (C=O) groups excluding carboxylic acids is 1. The lowest BCUT2D eigenvalue weighted by Crippen LogP contribution is -2.48. The molecule has 0 spiro atoms. The van der Waals surface area contributed by atoms with E-state index in [0.717, 1.165) is 56.7 Å². The summed E-state index contributed by atoms with van der Waals surface area (Å²) in [6.45, 7) is 5.11. The Kier molecular flexibility index (Phi) is 3.84. The van der Waals surface area contributed by atoms with Gasteiger partial charge in [-0.1, -0.05) is 6.92 Å². The summed E-state index contributed by atoms with van der Waals surface area (Å²) in [5.41, 5.74) is -0.0805. The van der Waals surface area contributed by atoms with Crippen LogP contribution in [0.2, 0.25) is 0 Å². The molecule has 1 saturated heterocycles. The first kappa shape index (κ1) is 13.4. The number of amides is 1. The standard InChI is InChI=1S/C16H28N2O/c1-2-16(7-9-17-10-8-16)15(19)18-11-14(12-3-4-12)13-5-6-13/h12-14,17H,2-11H2,1H3,(H,18,19). The normalized spacial score (nSPS) is 26.4. The van der Waals surface area contributed by atoms with Crippen molar-refractivity contribution in [2.75, 3.05) is 19.6 Å². The lowest BCUT2D eigenvalue weighted by atomic mass is 9.75. The number of carbonyl (C=O) groups is 1. The van der Waals surface area contributed by atoms with Crippen LogP contribution in [0.15, 0.2) is 0 Å². The van der Waals surface area contributed by atoms with E-state index in [1.54, 1.807) is 0 Å². The Labute approximate surface area is 116 Å². The highest BCUT2D eigenvalue weighted by Gasteiger charge is 2.43.